The van der Waals surface area contributed by atoms with Gasteiger partial charge in [0, 0.05) is 39.4 Å². The van der Waals surface area contributed by atoms with Crippen molar-refractivity contribution in [1.29, 1.82) is 0 Å². The van der Waals surface area contributed by atoms with Crippen LogP contribution in [0.4, 0.5) is 5.69 Å². The highest BCUT2D eigenvalue weighted by Crippen LogP contribution is 2.12. The van der Waals surface area contributed by atoms with Crippen molar-refractivity contribution in [3.8, 4) is 0 Å². The summed E-state index contributed by atoms with van der Waals surface area (Å²) in [6.45, 7) is 0.785. The lowest BCUT2D eigenvalue weighted by Crippen LogP contribution is -2.42. The van der Waals surface area contributed by atoms with E-state index in [1.54, 1.807) is 0 Å². The zero-order valence-corrected chi connectivity index (χ0v) is 12.6. The predicted molar refractivity (Wildman–Crippen MR) is 86.3 cm³/mol. The normalized spacial score (nSPS) is 15.4. The van der Waals surface area contributed by atoms with E-state index in [2.05, 4.69) is 71.0 Å². The first kappa shape index (κ1) is 14.4. The van der Waals surface area contributed by atoms with Crippen LogP contribution in [0.25, 0.3) is 0 Å². The van der Waals surface area contributed by atoms with Gasteiger partial charge in [-0.1, -0.05) is 24.3 Å². The van der Waals surface area contributed by atoms with Crippen LogP contribution in [0.15, 0.2) is 41.4 Å². The fourth-order valence-corrected chi connectivity index (χ4v) is 2.22. The van der Waals surface area contributed by atoms with Crippen molar-refractivity contribution in [3.63, 3.8) is 0 Å². The van der Waals surface area contributed by atoms with E-state index in [-0.39, 0.29) is 0 Å². The molecule has 2 rings (SSSR count). The Kier molecular flexibility index (Phi) is 5.04. The maximum absolute atomic E-state index is 4.27. The third-order valence-corrected chi connectivity index (χ3v) is 3.49. The van der Waals surface area contributed by atoms with Crippen molar-refractivity contribution in [2.45, 2.75) is 25.4 Å². The third kappa shape index (κ3) is 4.02. The number of anilines is 1. The van der Waals surface area contributed by atoms with E-state index in [1.165, 1.54) is 11.3 Å². The molecule has 1 aliphatic rings. The van der Waals surface area contributed by atoms with Crippen LogP contribution in [0, 0.1) is 0 Å². The molecule has 0 atom stereocenters. The third-order valence-electron chi connectivity index (χ3n) is 3.49. The van der Waals surface area contributed by atoms with E-state index in [9.17, 15) is 0 Å². The highest BCUT2D eigenvalue weighted by molar-refractivity contribution is 5.80. The van der Waals surface area contributed by atoms with Gasteiger partial charge in [0.15, 0.2) is 5.96 Å². The summed E-state index contributed by atoms with van der Waals surface area (Å²) in [6, 6.07) is 9.04. The van der Waals surface area contributed by atoms with Gasteiger partial charge in [0.2, 0.25) is 0 Å². The van der Waals surface area contributed by atoms with Crippen LogP contribution in [0.5, 0.6) is 0 Å². The number of nitrogens with zero attached hydrogens (tertiary/aromatic N) is 2. The second kappa shape index (κ2) is 6.98. The molecule has 0 radical (unpaired) electrons. The second-order valence-electron chi connectivity index (χ2n) is 5.27. The molecule has 0 saturated carbocycles. The number of nitrogens with one attached hydrogen (secondary N) is 2. The van der Waals surface area contributed by atoms with Gasteiger partial charge in [-0.25, -0.2) is 0 Å². The van der Waals surface area contributed by atoms with E-state index < -0.39 is 0 Å². The monoisotopic (exact) mass is 272 g/mol. The first-order chi connectivity index (χ1) is 9.69. The molecule has 1 aromatic carbocycles. The van der Waals surface area contributed by atoms with Crippen molar-refractivity contribution < 1.29 is 0 Å². The van der Waals surface area contributed by atoms with Gasteiger partial charge in [-0.05, 0) is 30.5 Å². The second-order valence-corrected chi connectivity index (χ2v) is 5.27. The number of hydrogen-bond donors (Lipinski definition) is 2. The Hall–Kier alpha value is -1.97. The van der Waals surface area contributed by atoms with Crippen LogP contribution in [0.3, 0.4) is 0 Å². The Labute approximate surface area is 121 Å². The molecular formula is C16H24N4. The topological polar surface area (TPSA) is 39.7 Å². The van der Waals surface area contributed by atoms with Gasteiger partial charge in [-0.2, -0.15) is 0 Å². The van der Waals surface area contributed by atoms with Gasteiger partial charge < -0.3 is 15.5 Å². The molecule has 0 heterocycles. The first-order valence-electron chi connectivity index (χ1n) is 7.07. The first-order valence-corrected chi connectivity index (χ1v) is 7.07. The van der Waals surface area contributed by atoms with Gasteiger partial charge in [0.25, 0.3) is 0 Å². The highest BCUT2D eigenvalue weighted by atomic mass is 15.2. The average Bonchev–Trinajstić information content (AvgIpc) is 2.96. The quantitative estimate of drug-likeness (QED) is 0.501. The fraction of sp³-hybridized carbons (Fsp3) is 0.438. The number of guanidine groups is 1. The summed E-state index contributed by atoms with van der Waals surface area (Å²) in [6.07, 6.45) is 6.59. The van der Waals surface area contributed by atoms with E-state index >= 15 is 0 Å². The molecule has 2 N–H and O–H groups in total. The Balaban J connectivity index is 1.83. The van der Waals surface area contributed by atoms with Gasteiger partial charge in [0.05, 0.1) is 0 Å². The molecule has 1 aromatic rings. The molecule has 0 spiro atoms. The maximum Gasteiger partial charge on any atom is 0.191 e. The maximum atomic E-state index is 4.27. The summed E-state index contributed by atoms with van der Waals surface area (Å²) in [7, 11) is 5.91. The smallest absolute Gasteiger partial charge is 0.191 e. The summed E-state index contributed by atoms with van der Waals surface area (Å²) >= 11 is 0. The molecule has 1 aliphatic carbocycles. The zero-order chi connectivity index (χ0) is 14.4. The highest BCUT2D eigenvalue weighted by Gasteiger charge is 2.11. The molecular weight excluding hydrogens is 248 g/mol. The largest absolute Gasteiger partial charge is 0.378 e. The van der Waals surface area contributed by atoms with Crippen molar-refractivity contribution in [2.75, 3.05) is 26.0 Å². The Morgan fingerprint density at radius 2 is 1.85 bits per heavy atom. The predicted octanol–water partition coefficient (Wildman–Crippen LogP) is 2.14. The van der Waals surface area contributed by atoms with Crippen molar-refractivity contribution in [2.24, 2.45) is 4.99 Å². The molecule has 0 unspecified atom stereocenters. The standard InChI is InChI=1S/C16H24N4/c1-17-16(19-14-6-4-5-7-14)18-12-13-8-10-15(11-9-13)20(2)3/h4-5,8-11,14H,6-7,12H2,1-3H3,(H2,17,18,19). The van der Waals surface area contributed by atoms with E-state index in [0.29, 0.717) is 6.04 Å². The van der Waals surface area contributed by atoms with Gasteiger partial charge >= 0.3 is 0 Å². The lowest BCUT2D eigenvalue weighted by atomic mass is 10.2. The minimum absolute atomic E-state index is 0.484. The SMILES string of the molecule is CN=C(NCc1ccc(N(C)C)cc1)NC1CC=CC1. The summed E-state index contributed by atoms with van der Waals surface area (Å²) in [5.41, 5.74) is 2.47. The van der Waals surface area contributed by atoms with Crippen LogP contribution in [0.2, 0.25) is 0 Å². The molecule has 0 fully saturated rings. The average molecular weight is 272 g/mol. The van der Waals surface area contributed by atoms with Crippen LogP contribution >= 0.6 is 0 Å². The summed E-state index contributed by atoms with van der Waals surface area (Å²) in [5.74, 6) is 0.871. The summed E-state index contributed by atoms with van der Waals surface area (Å²) in [4.78, 5) is 6.37. The Bertz CT molecular complexity index is 466. The van der Waals surface area contributed by atoms with Gasteiger partial charge in [-0.15, -0.1) is 0 Å². The lowest BCUT2D eigenvalue weighted by Gasteiger charge is -2.17. The summed E-state index contributed by atoms with van der Waals surface area (Å²) in [5, 5.41) is 6.79. The van der Waals surface area contributed by atoms with Crippen LogP contribution in [0.1, 0.15) is 18.4 Å². The zero-order valence-electron chi connectivity index (χ0n) is 12.6. The Morgan fingerprint density at radius 3 is 2.40 bits per heavy atom. The number of aliphatic imine (C=N–C) groups is 1. The molecule has 4 heteroatoms. The van der Waals surface area contributed by atoms with Gasteiger partial charge in [0.1, 0.15) is 0 Å². The molecule has 0 aliphatic heterocycles. The summed E-state index contributed by atoms with van der Waals surface area (Å²) < 4.78 is 0. The molecule has 0 amide bonds. The van der Waals surface area contributed by atoms with Gasteiger partial charge in [-0.3, -0.25) is 4.99 Å². The van der Waals surface area contributed by atoms with Crippen molar-refractivity contribution in [3.05, 3.63) is 42.0 Å². The number of hydrogen-bond acceptors (Lipinski definition) is 2. The lowest BCUT2D eigenvalue weighted by molar-refractivity contribution is 0.633. The van der Waals surface area contributed by atoms with E-state index in [4.69, 9.17) is 0 Å². The fourth-order valence-electron chi connectivity index (χ4n) is 2.22. The molecule has 0 aromatic heterocycles. The molecule has 0 bridgehead atoms. The molecule has 20 heavy (non-hydrogen) atoms. The molecule has 4 nitrogen and oxygen atoms in total. The van der Waals surface area contributed by atoms with E-state index in [1.807, 2.05) is 7.05 Å². The Morgan fingerprint density at radius 1 is 1.20 bits per heavy atom. The van der Waals surface area contributed by atoms with Crippen molar-refractivity contribution in [1.82, 2.24) is 10.6 Å². The van der Waals surface area contributed by atoms with Crippen LogP contribution in [-0.4, -0.2) is 33.1 Å². The van der Waals surface area contributed by atoms with Crippen LogP contribution < -0.4 is 15.5 Å². The van der Waals surface area contributed by atoms with Crippen LogP contribution in [-0.2, 0) is 6.54 Å². The van der Waals surface area contributed by atoms with Crippen molar-refractivity contribution >= 4 is 11.6 Å². The minimum Gasteiger partial charge on any atom is -0.378 e. The molecule has 0 saturated heterocycles. The molecule has 108 valence electrons. The van der Waals surface area contributed by atoms with E-state index in [0.717, 1.165) is 25.3 Å². The minimum atomic E-state index is 0.484. The number of benzene rings is 1. The number of rotatable bonds is 4.